The Bertz CT molecular complexity index is 687. The minimum atomic E-state index is -4.33. The van der Waals surface area contributed by atoms with Crippen molar-refractivity contribution >= 4 is 0 Å². The quantitative estimate of drug-likeness (QED) is 0.876. The zero-order valence-corrected chi connectivity index (χ0v) is 13.1. The lowest BCUT2D eigenvalue weighted by Gasteiger charge is -2.25. The van der Waals surface area contributed by atoms with Gasteiger partial charge in [0.2, 0.25) is 0 Å². The lowest BCUT2D eigenvalue weighted by Crippen LogP contribution is -2.15. The first-order valence-corrected chi connectivity index (χ1v) is 7.98. The second kappa shape index (κ2) is 6.95. The molecule has 0 bridgehead atoms. The van der Waals surface area contributed by atoms with Crippen LogP contribution in [0.1, 0.15) is 35.4 Å². The van der Waals surface area contributed by atoms with Crippen molar-refractivity contribution in [3.63, 3.8) is 0 Å². The smallest absolute Gasteiger partial charge is 0.392 e. The van der Waals surface area contributed by atoms with Gasteiger partial charge in [0.25, 0.3) is 0 Å². The maximum Gasteiger partial charge on any atom is 0.416 e. The van der Waals surface area contributed by atoms with Crippen LogP contribution in [0.4, 0.5) is 13.2 Å². The average molecular weight is 336 g/mol. The predicted molar refractivity (Wildman–Crippen MR) is 85.6 cm³/mol. The Morgan fingerprint density at radius 1 is 1.00 bits per heavy atom. The molecule has 2 aromatic rings. The molecule has 2 aromatic carbocycles. The van der Waals surface area contributed by atoms with Crippen molar-refractivity contribution in [1.82, 2.24) is 0 Å². The standard InChI is InChI=1S/C19H19F3O2/c20-19(21,22)16-4-2-14(3-5-16)17-6-1-13(12-23)11-18(17)15-7-9-24-10-8-15/h1-6,11,15,23H,7-10,12H2. The molecule has 128 valence electrons. The summed E-state index contributed by atoms with van der Waals surface area (Å²) in [5.41, 5.74) is 2.92. The van der Waals surface area contributed by atoms with Crippen molar-refractivity contribution in [2.75, 3.05) is 13.2 Å². The summed E-state index contributed by atoms with van der Waals surface area (Å²) in [4.78, 5) is 0. The molecule has 2 nitrogen and oxygen atoms in total. The van der Waals surface area contributed by atoms with Crippen LogP contribution in [0.2, 0.25) is 0 Å². The summed E-state index contributed by atoms with van der Waals surface area (Å²) in [7, 11) is 0. The predicted octanol–water partition coefficient (Wildman–Crippen LogP) is 4.76. The van der Waals surface area contributed by atoms with Crippen LogP contribution in [0, 0.1) is 0 Å². The molecule has 0 unspecified atom stereocenters. The highest BCUT2D eigenvalue weighted by molar-refractivity contribution is 5.69. The zero-order chi connectivity index (χ0) is 17.2. The first-order chi connectivity index (χ1) is 11.5. The van der Waals surface area contributed by atoms with Gasteiger partial charge in [0.15, 0.2) is 0 Å². The van der Waals surface area contributed by atoms with Gasteiger partial charge in [0, 0.05) is 13.2 Å². The molecule has 1 heterocycles. The molecule has 0 spiro atoms. The number of aliphatic hydroxyl groups excluding tert-OH is 1. The third kappa shape index (κ3) is 3.62. The van der Waals surface area contributed by atoms with Crippen molar-refractivity contribution in [1.29, 1.82) is 0 Å². The number of ether oxygens (including phenoxy) is 1. The summed E-state index contributed by atoms with van der Waals surface area (Å²) >= 11 is 0. The summed E-state index contributed by atoms with van der Waals surface area (Å²) in [6, 6.07) is 10.9. The van der Waals surface area contributed by atoms with E-state index in [-0.39, 0.29) is 6.61 Å². The molecular weight excluding hydrogens is 317 g/mol. The van der Waals surface area contributed by atoms with E-state index in [0.29, 0.717) is 19.1 Å². The molecule has 0 atom stereocenters. The average Bonchev–Trinajstić information content (AvgIpc) is 2.61. The lowest BCUT2D eigenvalue weighted by atomic mass is 9.85. The fraction of sp³-hybridized carbons (Fsp3) is 0.368. The molecule has 1 fully saturated rings. The second-order valence-electron chi connectivity index (χ2n) is 6.04. The van der Waals surface area contributed by atoms with Crippen molar-refractivity contribution in [3.8, 4) is 11.1 Å². The molecule has 1 aliphatic rings. The number of benzene rings is 2. The van der Waals surface area contributed by atoms with E-state index >= 15 is 0 Å². The molecular formula is C19H19F3O2. The monoisotopic (exact) mass is 336 g/mol. The van der Waals surface area contributed by atoms with Crippen LogP contribution in [0.25, 0.3) is 11.1 Å². The van der Waals surface area contributed by atoms with E-state index in [9.17, 15) is 18.3 Å². The summed E-state index contributed by atoms with van der Waals surface area (Å²) in [6.45, 7) is 1.31. The Balaban J connectivity index is 2.00. The first kappa shape index (κ1) is 17.0. The topological polar surface area (TPSA) is 29.5 Å². The number of aliphatic hydroxyl groups is 1. The van der Waals surface area contributed by atoms with Gasteiger partial charge in [-0.2, -0.15) is 13.2 Å². The molecule has 24 heavy (non-hydrogen) atoms. The summed E-state index contributed by atoms with van der Waals surface area (Å²) in [6.07, 6.45) is -2.58. The number of hydrogen-bond acceptors (Lipinski definition) is 2. The van der Waals surface area contributed by atoms with Gasteiger partial charge in [-0.15, -0.1) is 0 Å². The minimum absolute atomic E-state index is 0.0521. The maximum absolute atomic E-state index is 12.7. The van der Waals surface area contributed by atoms with Gasteiger partial charge in [-0.3, -0.25) is 0 Å². The van der Waals surface area contributed by atoms with Crippen molar-refractivity contribution < 1.29 is 23.0 Å². The largest absolute Gasteiger partial charge is 0.416 e. The highest BCUT2D eigenvalue weighted by Crippen LogP contribution is 2.37. The van der Waals surface area contributed by atoms with Crippen LogP contribution >= 0.6 is 0 Å². The maximum atomic E-state index is 12.7. The van der Waals surface area contributed by atoms with Crippen LogP contribution in [0.15, 0.2) is 42.5 Å². The SMILES string of the molecule is OCc1ccc(-c2ccc(C(F)(F)F)cc2)c(C2CCOCC2)c1. The normalized spacial score (nSPS) is 16.3. The van der Waals surface area contributed by atoms with E-state index in [1.54, 1.807) is 0 Å². The van der Waals surface area contributed by atoms with Crippen molar-refractivity contribution in [3.05, 3.63) is 59.2 Å². The number of rotatable bonds is 3. The molecule has 1 N–H and O–H groups in total. The van der Waals surface area contributed by atoms with Crippen LogP contribution in [-0.2, 0) is 17.5 Å². The summed E-state index contributed by atoms with van der Waals surface area (Å²) in [5, 5.41) is 9.40. The second-order valence-corrected chi connectivity index (χ2v) is 6.04. The highest BCUT2D eigenvalue weighted by Gasteiger charge is 2.30. The van der Waals surface area contributed by atoms with E-state index < -0.39 is 11.7 Å². The molecule has 3 rings (SSSR count). The van der Waals surface area contributed by atoms with Gasteiger partial charge in [-0.25, -0.2) is 0 Å². The van der Waals surface area contributed by atoms with Crippen LogP contribution < -0.4 is 0 Å². The van der Waals surface area contributed by atoms with Crippen LogP contribution in [-0.4, -0.2) is 18.3 Å². The van der Waals surface area contributed by atoms with Crippen LogP contribution in [0.3, 0.4) is 0 Å². The zero-order valence-electron chi connectivity index (χ0n) is 13.1. The third-order valence-electron chi connectivity index (χ3n) is 4.48. The highest BCUT2D eigenvalue weighted by atomic mass is 19.4. The van der Waals surface area contributed by atoms with Gasteiger partial charge in [-0.05, 0) is 53.1 Å². The Labute approximate surface area is 138 Å². The van der Waals surface area contributed by atoms with Crippen molar-refractivity contribution in [2.24, 2.45) is 0 Å². The van der Waals surface area contributed by atoms with E-state index in [1.165, 1.54) is 12.1 Å². The molecule has 1 aliphatic heterocycles. The van der Waals surface area contributed by atoms with E-state index in [2.05, 4.69) is 0 Å². The molecule has 5 heteroatoms. The molecule has 0 saturated carbocycles. The first-order valence-electron chi connectivity index (χ1n) is 7.98. The minimum Gasteiger partial charge on any atom is -0.392 e. The fourth-order valence-corrected chi connectivity index (χ4v) is 3.16. The van der Waals surface area contributed by atoms with Crippen LogP contribution in [0.5, 0.6) is 0 Å². The summed E-state index contributed by atoms with van der Waals surface area (Å²) in [5.74, 6) is 0.294. The van der Waals surface area contributed by atoms with Gasteiger partial charge in [0.05, 0.1) is 12.2 Å². The Morgan fingerprint density at radius 2 is 1.67 bits per heavy atom. The number of hydrogen-bond donors (Lipinski definition) is 1. The Kier molecular flexibility index (Phi) is 4.92. The fourth-order valence-electron chi connectivity index (χ4n) is 3.16. The number of halogens is 3. The van der Waals surface area contributed by atoms with E-state index in [4.69, 9.17) is 4.74 Å². The Hall–Kier alpha value is -1.85. The van der Waals surface area contributed by atoms with E-state index in [0.717, 1.165) is 47.2 Å². The molecule has 0 radical (unpaired) electrons. The molecule has 0 amide bonds. The molecule has 0 aromatic heterocycles. The molecule has 1 saturated heterocycles. The Morgan fingerprint density at radius 3 is 2.25 bits per heavy atom. The lowest BCUT2D eigenvalue weighted by molar-refractivity contribution is -0.137. The van der Waals surface area contributed by atoms with E-state index in [1.807, 2.05) is 18.2 Å². The molecule has 0 aliphatic carbocycles. The summed E-state index contributed by atoms with van der Waals surface area (Å²) < 4.78 is 43.6. The van der Waals surface area contributed by atoms with Crippen molar-refractivity contribution in [2.45, 2.75) is 31.5 Å². The number of alkyl halides is 3. The third-order valence-corrected chi connectivity index (χ3v) is 4.48. The van der Waals surface area contributed by atoms with Gasteiger partial charge < -0.3 is 9.84 Å². The van der Waals surface area contributed by atoms with Gasteiger partial charge in [0.1, 0.15) is 0 Å². The van der Waals surface area contributed by atoms with Gasteiger partial charge in [-0.1, -0.05) is 30.3 Å². The van der Waals surface area contributed by atoms with Gasteiger partial charge >= 0.3 is 6.18 Å².